The summed E-state index contributed by atoms with van der Waals surface area (Å²) in [5.41, 5.74) is 4.26. The second-order valence-corrected chi connectivity index (χ2v) is 4.57. The fraction of sp³-hybridized carbons (Fsp3) is 0.357. The molecule has 2 aromatic rings. The molecule has 1 N–H and O–H groups in total. The number of aliphatic hydroxyl groups excluding tert-OH is 1. The highest BCUT2D eigenvalue weighted by Crippen LogP contribution is 2.26. The maximum absolute atomic E-state index is 9.41. The van der Waals surface area contributed by atoms with Gasteiger partial charge in [0.2, 0.25) is 0 Å². The summed E-state index contributed by atoms with van der Waals surface area (Å²) in [7, 11) is 0. The van der Waals surface area contributed by atoms with E-state index in [1.807, 2.05) is 22.9 Å². The van der Waals surface area contributed by atoms with E-state index < -0.39 is 0 Å². The molecule has 0 saturated heterocycles. The quantitative estimate of drug-likeness (QED) is 0.880. The van der Waals surface area contributed by atoms with Gasteiger partial charge in [0.05, 0.1) is 12.3 Å². The second kappa shape index (κ2) is 4.72. The lowest BCUT2D eigenvalue weighted by Gasteiger charge is -2.14. The van der Waals surface area contributed by atoms with Gasteiger partial charge in [0.1, 0.15) is 0 Å². The predicted molar refractivity (Wildman–Crippen MR) is 68.7 cm³/mol. The molecule has 0 fully saturated rings. The Kier molecular flexibility index (Phi) is 3.29. The largest absolute Gasteiger partial charge is 0.392 e. The molecule has 0 saturated carbocycles. The summed E-state index contributed by atoms with van der Waals surface area (Å²) in [6.45, 7) is 6.31. The summed E-state index contributed by atoms with van der Waals surface area (Å²) in [6.07, 6.45) is 1.80. The number of hydrogen-bond acceptors (Lipinski definition) is 2. The molecule has 0 bridgehead atoms. The van der Waals surface area contributed by atoms with Crippen LogP contribution in [0.1, 0.15) is 31.0 Å². The van der Waals surface area contributed by atoms with Crippen LogP contribution >= 0.6 is 0 Å². The maximum Gasteiger partial charge on any atom is 0.0689 e. The molecule has 1 aromatic heterocycles. The molecule has 0 aliphatic heterocycles. The molecule has 0 aliphatic rings. The van der Waals surface area contributed by atoms with Gasteiger partial charge in [-0.2, -0.15) is 5.10 Å². The molecule has 0 spiro atoms. The van der Waals surface area contributed by atoms with Crippen molar-refractivity contribution in [1.29, 1.82) is 0 Å². The topological polar surface area (TPSA) is 38.1 Å². The van der Waals surface area contributed by atoms with Crippen molar-refractivity contribution in [2.75, 3.05) is 0 Å². The van der Waals surface area contributed by atoms with Gasteiger partial charge in [0.25, 0.3) is 0 Å². The van der Waals surface area contributed by atoms with Crippen molar-refractivity contribution in [2.24, 2.45) is 0 Å². The number of rotatable bonds is 3. The van der Waals surface area contributed by atoms with Crippen molar-refractivity contribution in [3.8, 4) is 11.3 Å². The Balaban J connectivity index is 2.59. The Hall–Kier alpha value is -1.61. The van der Waals surface area contributed by atoms with E-state index in [0.717, 1.165) is 16.8 Å². The summed E-state index contributed by atoms with van der Waals surface area (Å²) >= 11 is 0. The Morgan fingerprint density at radius 1 is 1.29 bits per heavy atom. The summed E-state index contributed by atoms with van der Waals surface area (Å²) in [6, 6.07) is 8.40. The first kappa shape index (κ1) is 11.9. The van der Waals surface area contributed by atoms with Crippen molar-refractivity contribution in [2.45, 2.75) is 33.4 Å². The van der Waals surface area contributed by atoms with Crippen LogP contribution in [0.4, 0.5) is 0 Å². The lowest BCUT2D eigenvalue weighted by Crippen LogP contribution is -2.05. The third kappa shape index (κ3) is 2.24. The van der Waals surface area contributed by atoms with Crippen molar-refractivity contribution in [3.63, 3.8) is 0 Å². The Morgan fingerprint density at radius 2 is 2.06 bits per heavy atom. The van der Waals surface area contributed by atoms with E-state index in [9.17, 15) is 5.11 Å². The highest BCUT2D eigenvalue weighted by molar-refractivity contribution is 5.64. The van der Waals surface area contributed by atoms with E-state index in [2.05, 4.69) is 31.9 Å². The fourth-order valence-electron chi connectivity index (χ4n) is 2.01. The molecule has 0 unspecified atom stereocenters. The molecular weight excluding hydrogens is 212 g/mol. The summed E-state index contributed by atoms with van der Waals surface area (Å²) < 4.78 is 1.98. The van der Waals surface area contributed by atoms with E-state index >= 15 is 0 Å². The first-order valence-electron chi connectivity index (χ1n) is 5.87. The fourth-order valence-corrected chi connectivity index (χ4v) is 2.01. The van der Waals surface area contributed by atoms with Gasteiger partial charge >= 0.3 is 0 Å². The van der Waals surface area contributed by atoms with Crippen LogP contribution in [-0.4, -0.2) is 14.9 Å². The standard InChI is InChI=1S/C14H18N2O/c1-10(2)16-14(6-7-15-16)13-8-11(3)4-5-12(13)9-17/h4-8,10,17H,9H2,1-3H3. The third-order valence-corrected chi connectivity index (χ3v) is 2.87. The normalized spacial score (nSPS) is 11.1. The molecule has 2 rings (SSSR count). The van der Waals surface area contributed by atoms with E-state index in [1.54, 1.807) is 6.20 Å². The SMILES string of the molecule is Cc1ccc(CO)c(-c2ccnn2C(C)C)c1. The lowest BCUT2D eigenvalue weighted by atomic mass is 10.0. The molecule has 0 radical (unpaired) electrons. The third-order valence-electron chi connectivity index (χ3n) is 2.87. The number of nitrogens with zero attached hydrogens (tertiary/aromatic N) is 2. The van der Waals surface area contributed by atoms with Crippen LogP contribution in [0.3, 0.4) is 0 Å². The zero-order valence-corrected chi connectivity index (χ0v) is 10.5. The van der Waals surface area contributed by atoms with Crippen LogP contribution in [0.25, 0.3) is 11.3 Å². The summed E-state index contributed by atoms with van der Waals surface area (Å²) in [4.78, 5) is 0. The molecule has 0 aliphatic carbocycles. The average molecular weight is 230 g/mol. The average Bonchev–Trinajstić information content (AvgIpc) is 2.77. The molecule has 1 aromatic carbocycles. The van der Waals surface area contributed by atoms with Gasteiger partial charge < -0.3 is 5.11 Å². The molecule has 0 amide bonds. The monoisotopic (exact) mass is 230 g/mol. The van der Waals surface area contributed by atoms with Crippen molar-refractivity contribution in [3.05, 3.63) is 41.6 Å². The highest BCUT2D eigenvalue weighted by atomic mass is 16.3. The number of benzene rings is 1. The first-order chi connectivity index (χ1) is 8.13. The van der Waals surface area contributed by atoms with Gasteiger partial charge in [-0.1, -0.05) is 17.7 Å². The van der Waals surface area contributed by atoms with Crippen LogP contribution in [0, 0.1) is 6.92 Å². The molecule has 3 heteroatoms. The van der Waals surface area contributed by atoms with Crippen LogP contribution in [0.2, 0.25) is 0 Å². The molecule has 1 heterocycles. The molecule has 17 heavy (non-hydrogen) atoms. The number of aryl methyl sites for hydroxylation is 1. The minimum atomic E-state index is 0.0545. The van der Waals surface area contributed by atoms with Gasteiger partial charge in [0.15, 0.2) is 0 Å². The minimum Gasteiger partial charge on any atom is -0.392 e. The maximum atomic E-state index is 9.41. The van der Waals surface area contributed by atoms with Crippen LogP contribution in [0.5, 0.6) is 0 Å². The second-order valence-electron chi connectivity index (χ2n) is 4.57. The van der Waals surface area contributed by atoms with Gasteiger partial charge in [-0.25, -0.2) is 0 Å². The molecule has 90 valence electrons. The first-order valence-corrected chi connectivity index (χ1v) is 5.87. The van der Waals surface area contributed by atoms with Gasteiger partial charge in [-0.05, 0) is 38.5 Å². The number of aromatic nitrogens is 2. The van der Waals surface area contributed by atoms with E-state index in [-0.39, 0.29) is 6.61 Å². The zero-order valence-electron chi connectivity index (χ0n) is 10.5. The number of aliphatic hydroxyl groups is 1. The Bertz CT molecular complexity index is 515. The molecular formula is C14H18N2O. The zero-order chi connectivity index (χ0) is 12.4. The molecule has 3 nitrogen and oxygen atoms in total. The Morgan fingerprint density at radius 3 is 2.71 bits per heavy atom. The predicted octanol–water partition coefficient (Wildman–Crippen LogP) is 2.93. The summed E-state index contributed by atoms with van der Waals surface area (Å²) in [5.74, 6) is 0. The van der Waals surface area contributed by atoms with Crippen molar-refractivity contribution >= 4 is 0 Å². The van der Waals surface area contributed by atoms with Crippen molar-refractivity contribution < 1.29 is 5.11 Å². The van der Waals surface area contributed by atoms with E-state index in [1.165, 1.54) is 5.56 Å². The minimum absolute atomic E-state index is 0.0545. The smallest absolute Gasteiger partial charge is 0.0689 e. The highest BCUT2D eigenvalue weighted by Gasteiger charge is 2.11. The molecule has 0 atom stereocenters. The van der Waals surface area contributed by atoms with E-state index in [0.29, 0.717) is 6.04 Å². The van der Waals surface area contributed by atoms with Gasteiger partial charge in [0, 0.05) is 17.8 Å². The summed E-state index contributed by atoms with van der Waals surface area (Å²) in [5, 5.41) is 13.7. The van der Waals surface area contributed by atoms with Crippen LogP contribution in [-0.2, 0) is 6.61 Å². The van der Waals surface area contributed by atoms with Gasteiger partial charge in [-0.3, -0.25) is 4.68 Å². The lowest BCUT2D eigenvalue weighted by molar-refractivity contribution is 0.282. The van der Waals surface area contributed by atoms with E-state index in [4.69, 9.17) is 0 Å². The number of hydrogen-bond donors (Lipinski definition) is 1. The van der Waals surface area contributed by atoms with Crippen LogP contribution < -0.4 is 0 Å². The van der Waals surface area contributed by atoms with Gasteiger partial charge in [-0.15, -0.1) is 0 Å². The van der Waals surface area contributed by atoms with Crippen LogP contribution in [0.15, 0.2) is 30.5 Å². The Labute approximate surface area is 102 Å². The van der Waals surface area contributed by atoms with Crippen molar-refractivity contribution in [1.82, 2.24) is 9.78 Å².